The monoisotopic (exact) mass is 158 g/mol. The second kappa shape index (κ2) is 2.38. The van der Waals surface area contributed by atoms with E-state index in [1.54, 1.807) is 0 Å². The Balaban J connectivity index is 2.70. The molecule has 0 saturated carbocycles. The summed E-state index contributed by atoms with van der Waals surface area (Å²) in [5.74, 6) is 0. The molecule has 10 heavy (non-hydrogen) atoms. The second-order valence-electron chi connectivity index (χ2n) is 3.15. The molecule has 56 valence electrons. The van der Waals surface area contributed by atoms with Crippen molar-refractivity contribution in [1.29, 1.82) is 0 Å². The number of thioether (sulfide) groups is 1. The van der Waals surface area contributed by atoms with Crippen LogP contribution in [0.3, 0.4) is 0 Å². The molecule has 0 spiro atoms. The molecule has 1 aliphatic heterocycles. The highest BCUT2D eigenvalue weighted by Gasteiger charge is 2.34. The van der Waals surface area contributed by atoms with E-state index in [0.717, 1.165) is 11.8 Å². The summed E-state index contributed by atoms with van der Waals surface area (Å²) in [5.41, 5.74) is -0.279. The Morgan fingerprint density at radius 2 is 2.00 bits per heavy atom. The van der Waals surface area contributed by atoms with Crippen molar-refractivity contribution in [1.82, 2.24) is 0 Å². The van der Waals surface area contributed by atoms with Crippen molar-refractivity contribution in [2.75, 3.05) is 0 Å². The molecule has 1 heterocycles. The van der Waals surface area contributed by atoms with E-state index in [-0.39, 0.29) is 15.6 Å². The average molecular weight is 158 g/mol. The first-order valence-electron chi connectivity index (χ1n) is 3.27. The van der Waals surface area contributed by atoms with E-state index in [4.69, 9.17) is 0 Å². The zero-order chi connectivity index (χ0) is 7.78. The van der Waals surface area contributed by atoms with Crippen LogP contribution in [-0.4, -0.2) is 10.2 Å². The predicted molar refractivity (Wildman–Crippen MR) is 40.6 cm³/mol. The van der Waals surface area contributed by atoms with E-state index in [2.05, 4.69) is 0 Å². The minimum atomic E-state index is -0.279. The van der Waals surface area contributed by atoms with Crippen LogP contribution in [0.4, 0.5) is 0 Å². The maximum absolute atomic E-state index is 11.1. The molecule has 0 N–H and O–H groups in total. The van der Waals surface area contributed by atoms with E-state index in [1.165, 1.54) is 0 Å². The van der Waals surface area contributed by atoms with Gasteiger partial charge in [-0.1, -0.05) is 13.8 Å². The van der Waals surface area contributed by atoms with Crippen molar-refractivity contribution in [2.45, 2.75) is 26.7 Å². The molecule has 0 aromatic carbocycles. The van der Waals surface area contributed by atoms with Crippen molar-refractivity contribution in [2.24, 2.45) is 5.41 Å². The molecule has 0 aromatic rings. The maximum atomic E-state index is 11.1. The van der Waals surface area contributed by atoms with Crippen LogP contribution < -0.4 is 0 Å². The molecule has 1 saturated heterocycles. The van der Waals surface area contributed by atoms with E-state index in [0.29, 0.717) is 12.8 Å². The quantitative estimate of drug-likeness (QED) is 0.537. The van der Waals surface area contributed by atoms with Crippen molar-refractivity contribution < 1.29 is 9.59 Å². The van der Waals surface area contributed by atoms with Crippen LogP contribution in [0.25, 0.3) is 0 Å². The Morgan fingerprint density at radius 3 is 2.40 bits per heavy atom. The summed E-state index contributed by atoms with van der Waals surface area (Å²) in [6.45, 7) is 3.77. The summed E-state index contributed by atoms with van der Waals surface area (Å²) in [5, 5.41) is 0.0353. The lowest BCUT2D eigenvalue weighted by Crippen LogP contribution is -2.27. The summed E-state index contributed by atoms with van der Waals surface area (Å²) < 4.78 is 0. The van der Waals surface area contributed by atoms with E-state index in [1.807, 2.05) is 13.8 Å². The molecule has 3 heteroatoms. The fraction of sp³-hybridized carbons (Fsp3) is 0.714. The highest BCUT2D eigenvalue weighted by molar-refractivity contribution is 8.26. The highest BCUT2D eigenvalue weighted by atomic mass is 32.2. The topological polar surface area (TPSA) is 34.1 Å². The van der Waals surface area contributed by atoms with Gasteiger partial charge < -0.3 is 0 Å². The number of carbonyl (C=O) groups is 2. The summed E-state index contributed by atoms with van der Waals surface area (Å²) in [6.07, 6.45) is 1.25. The molecular formula is C7H10O2S. The van der Waals surface area contributed by atoms with E-state index >= 15 is 0 Å². The van der Waals surface area contributed by atoms with Gasteiger partial charge in [0.25, 0.3) is 0 Å². The molecule has 0 aromatic heterocycles. The van der Waals surface area contributed by atoms with Crippen molar-refractivity contribution >= 4 is 22.0 Å². The average Bonchev–Trinajstić information content (AvgIpc) is 1.81. The zero-order valence-corrected chi connectivity index (χ0v) is 6.96. The first kappa shape index (κ1) is 7.79. The third kappa shape index (κ3) is 1.40. The van der Waals surface area contributed by atoms with Gasteiger partial charge in [0.05, 0.1) is 0 Å². The minimum absolute atomic E-state index is 0.0174. The lowest BCUT2D eigenvalue weighted by Gasteiger charge is -2.25. The van der Waals surface area contributed by atoms with Crippen LogP contribution in [0.15, 0.2) is 0 Å². The van der Waals surface area contributed by atoms with Crippen LogP contribution in [0.1, 0.15) is 26.7 Å². The first-order valence-corrected chi connectivity index (χ1v) is 4.09. The minimum Gasteiger partial charge on any atom is -0.287 e. The van der Waals surface area contributed by atoms with Gasteiger partial charge in [-0.3, -0.25) is 9.59 Å². The van der Waals surface area contributed by atoms with Gasteiger partial charge in [0, 0.05) is 11.8 Å². The molecular weight excluding hydrogens is 148 g/mol. The molecule has 1 fully saturated rings. The first-order chi connectivity index (χ1) is 4.52. The fourth-order valence-electron chi connectivity index (χ4n) is 0.809. The van der Waals surface area contributed by atoms with Crippen LogP contribution in [0, 0.1) is 5.41 Å². The Hall–Kier alpha value is -0.310. The molecule has 1 rings (SSSR count). The van der Waals surface area contributed by atoms with Gasteiger partial charge in [-0.2, -0.15) is 0 Å². The molecule has 1 aliphatic rings. The van der Waals surface area contributed by atoms with Gasteiger partial charge in [-0.15, -0.1) is 0 Å². The summed E-state index contributed by atoms with van der Waals surface area (Å²) >= 11 is 0.870. The van der Waals surface area contributed by atoms with E-state index in [9.17, 15) is 9.59 Å². The second-order valence-corrected chi connectivity index (χ2v) is 4.18. The van der Waals surface area contributed by atoms with Crippen LogP contribution in [-0.2, 0) is 9.59 Å². The Labute approximate surface area is 64.4 Å². The van der Waals surface area contributed by atoms with Crippen molar-refractivity contribution in [3.8, 4) is 0 Å². The standard InChI is InChI=1S/C7H10O2S/c1-7(2)4-3-5(8)10-6(7)9/h3-4H2,1-2H3. The van der Waals surface area contributed by atoms with Gasteiger partial charge in [0.1, 0.15) is 0 Å². The molecule has 0 aliphatic carbocycles. The third-order valence-corrected chi connectivity index (χ3v) is 2.88. The smallest absolute Gasteiger partial charge is 0.202 e. The SMILES string of the molecule is CC1(C)CCC(=O)SC1=O. The lowest BCUT2D eigenvalue weighted by molar-refractivity contribution is -0.121. The predicted octanol–water partition coefficient (Wildman–Crippen LogP) is 1.59. The van der Waals surface area contributed by atoms with Gasteiger partial charge in [0.2, 0.25) is 5.12 Å². The fourth-order valence-corrected chi connectivity index (χ4v) is 1.60. The third-order valence-electron chi connectivity index (χ3n) is 1.71. The van der Waals surface area contributed by atoms with Gasteiger partial charge in [0.15, 0.2) is 5.12 Å². The number of rotatable bonds is 0. The Morgan fingerprint density at radius 1 is 1.40 bits per heavy atom. The molecule has 0 bridgehead atoms. The molecule has 0 amide bonds. The van der Waals surface area contributed by atoms with Crippen molar-refractivity contribution in [3.05, 3.63) is 0 Å². The lowest BCUT2D eigenvalue weighted by atomic mass is 9.89. The number of hydrogen-bond acceptors (Lipinski definition) is 3. The highest BCUT2D eigenvalue weighted by Crippen LogP contribution is 2.35. The normalized spacial score (nSPS) is 25.0. The molecule has 0 radical (unpaired) electrons. The van der Waals surface area contributed by atoms with Crippen molar-refractivity contribution in [3.63, 3.8) is 0 Å². The number of carbonyl (C=O) groups excluding carboxylic acids is 2. The molecule has 0 atom stereocenters. The van der Waals surface area contributed by atoms with Gasteiger partial charge >= 0.3 is 0 Å². The van der Waals surface area contributed by atoms with Crippen LogP contribution >= 0.6 is 11.8 Å². The van der Waals surface area contributed by atoms with E-state index < -0.39 is 0 Å². The van der Waals surface area contributed by atoms with Gasteiger partial charge in [-0.05, 0) is 18.2 Å². The maximum Gasteiger partial charge on any atom is 0.202 e. The zero-order valence-electron chi connectivity index (χ0n) is 6.14. The van der Waals surface area contributed by atoms with Gasteiger partial charge in [-0.25, -0.2) is 0 Å². The Kier molecular flexibility index (Phi) is 1.86. The summed E-state index contributed by atoms with van der Waals surface area (Å²) in [6, 6.07) is 0. The van der Waals surface area contributed by atoms with Crippen LogP contribution in [0.2, 0.25) is 0 Å². The summed E-state index contributed by atoms with van der Waals surface area (Å²) in [4.78, 5) is 21.8. The largest absolute Gasteiger partial charge is 0.287 e. The molecule has 0 unspecified atom stereocenters. The molecule has 2 nitrogen and oxygen atoms in total. The van der Waals surface area contributed by atoms with Crippen LogP contribution in [0.5, 0.6) is 0 Å². The number of hydrogen-bond donors (Lipinski definition) is 0. The summed E-state index contributed by atoms with van der Waals surface area (Å²) in [7, 11) is 0. The Bertz CT molecular complexity index is 184.